The number of imidazole rings is 1. The summed E-state index contributed by atoms with van der Waals surface area (Å²) >= 11 is 1.75. The number of nitrogens with zero attached hydrogens (tertiary/aromatic N) is 2. The van der Waals surface area contributed by atoms with Gasteiger partial charge in [-0.25, -0.2) is 4.98 Å². The first-order valence-corrected chi connectivity index (χ1v) is 6.37. The van der Waals surface area contributed by atoms with Gasteiger partial charge < -0.3 is 9.88 Å². The lowest BCUT2D eigenvalue weighted by atomic mass is 10.1. The van der Waals surface area contributed by atoms with Crippen LogP contribution in [0.2, 0.25) is 0 Å². The van der Waals surface area contributed by atoms with E-state index in [9.17, 15) is 0 Å². The van der Waals surface area contributed by atoms with Crippen LogP contribution >= 0.6 is 11.3 Å². The molecule has 86 valence electrons. The average Bonchev–Trinajstić information content (AvgIpc) is 2.78. The lowest BCUT2D eigenvalue weighted by Crippen LogP contribution is -2.20. The van der Waals surface area contributed by atoms with E-state index in [1.54, 1.807) is 11.3 Å². The Morgan fingerprint density at radius 1 is 1.56 bits per heavy atom. The molecule has 1 N–H and O–H groups in total. The zero-order valence-electron chi connectivity index (χ0n) is 9.90. The Hall–Kier alpha value is -1.29. The molecular formula is C12H17N3S. The Bertz CT molecular complexity index is 445. The zero-order valence-corrected chi connectivity index (χ0v) is 10.7. The van der Waals surface area contributed by atoms with Crippen molar-refractivity contribution >= 4 is 17.3 Å². The predicted octanol–water partition coefficient (Wildman–Crippen LogP) is 2.83. The minimum absolute atomic E-state index is 0.398. The summed E-state index contributed by atoms with van der Waals surface area (Å²) in [6, 6.07) is 2.57. The molecule has 1 atom stereocenters. The van der Waals surface area contributed by atoms with Crippen molar-refractivity contribution in [3.63, 3.8) is 0 Å². The maximum absolute atomic E-state index is 4.43. The Morgan fingerprint density at radius 2 is 2.38 bits per heavy atom. The monoisotopic (exact) mass is 235 g/mol. The molecule has 3 nitrogen and oxygen atoms in total. The summed E-state index contributed by atoms with van der Waals surface area (Å²) in [7, 11) is 2.01. The number of thiophene rings is 1. The molecule has 0 aliphatic heterocycles. The van der Waals surface area contributed by atoms with E-state index in [4.69, 9.17) is 0 Å². The van der Waals surface area contributed by atoms with Gasteiger partial charge in [-0.1, -0.05) is 0 Å². The van der Waals surface area contributed by atoms with E-state index in [-0.39, 0.29) is 0 Å². The number of rotatable bonds is 4. The molecule has 0 saturated carbocycles. The Labute approximate surface area is 100 Å². The van der Waals surface area contributed by atoms with E-state index in [0.29, 0.717) is 6.04 Å². The van der Waals surface area contributed by atoms with E-state index in [1.165, 1.54) is 5.56 Å². The standard InChI is InChI=1S/C12H17N3S/c1-9(6-11-4-5-16-8-11)13-12-14-10(2)7-15(12)3/h4-5,7-9H,6H2,1-3H3,(H,13,14). The predicted molar refractivity (Wildman–Crippen MR) is 69.1 cm³/mol. The SMILES string of the molecule is Cc1cn(C)c(NC(C)Cc2ccsc2)n1. The van der Waals surface area contributed by atoms with Crippen molar-refractivity contribution in [3.05, 3.63) is 34.3 Å². The molecule has 2 heterocycles. The largest absolute Gasteiger partial charge is 0.353 e. The van der Waals surface area contributed by atoms with Gasteiger partial charge in [0.25, 0.3) is 0 Å². The van der Waals surface area contributed by atoms with Gasteiger partial charge in [-0.05, 0) is 42.7 Å². The second kappa shape index (κ2) is 4.70. The van der Waals surface area contributed by atoms with Gasteiger partial charge in [-0.15, -0.1) is 0 Å². The Balaban J connectivity index is 1.97. The smallest absolute Gasteiger partial charge is 0.202 e. The fourth-order valence-corrected chi connectivity index (χ4v) is 2.47. The van der Waals surface area contributed by atoms with E-state index >= 15 is 0 Å². The van der Waals surface area contributed by atoms with Crippen molar-refractivity contribution in [1.29, 1.82) is 0 Å². The van der Waals surface area contributed by atoms with Gasteiger partial charge in [0.2, 0.25) is 5.95 Å². The second-order valence-electron chi connectivity index (χ2n) is 4.20. The topological polar surface area (TPSA) is 29.9 Å². The van der Waals surface area contributed by atoms with Crippen LogP contribution in [0.4, 0.5) is 5.95 Å². The van der Waals surface area contributed by atoms with Crippen molar-refractivity contribution in [1.82, 2.24) is 9.55 Å². The van der Waals surface area contributed by atoms with Crippen LogP contribution < -0.4 is 5.32 Å². The fourth-order valence-electron chi connectivity index (χ4n) is 1.78. The van der Waals surface area contributed by atoms with E-state index in [2.05, 4.69) is 34.1 Å². The van der Waals surface area contributed by atoms with Crippen LogP contribution in [-0.2, 0) is 13.5 Å². The summed E-state index contributed by atoms with van der Waals surface area (Å²) in [5.74, 6) is 0.945. The average molecular weight is 235 g/mol. The second-order valence-corrected chi connectivity index (χ2v) is 4.98. The van der Waals surface area contributed by atoms with E-state index < -0.39 is 0 Å². The van der Waals surface area contributed by atoms with Crippen LogP contribution in [0.15, 0.2) is 23.0 Å². The van der Waals surface area contributed by atoms with Crippen LogP contribution in [0.3, 0.4) is 0 Å². The number of nitrogens with one attached hydrogen (secondary N) is 1. The first kappa shape index (κ1) is 11.2. The summed E-state index contributed by atoms with van der Waals surface area (Å²) in [6.45, 7) is 4.19. The van der Waals surface area contributed by atoms with Crippen molar-refractivity contribution in [2.45, 2.75) is 26.3 Å². The minimum atomic E-state index is 0.398. The molecule has 4 heteroatoms. The molecule has 0 aliphatic carbocycles. The highest BCUT2D eigenvalue weighted by Gasteiger charge is 2.07. The van der Waals surface area contributed by atoms with Crippen LogP contribution in [0.1, 0.15) is 18.2 Å². The molecule has 0 spiro atoms. The lowest BCUT2D eigenvalue weighted by Gasteiger charge is -2.13. The highest BCUT2D eigenvalue weighted by Crippen LogP contribution is 2.12. The first-order chi connectivity index (χ1) is 7.65. The molecule has 2 aromatic rings. The Morgan fingerprint density at radius 3 is 2.94 bits per heavy atom. The molecule has 2 rings (SSSR count). The minimum Gasteiger partial charge on any atom is -0.353 e. The molecule has 0 aliphatic rings. The number of aromatic nitrogens is 2. The molecule has 0 aromatic carbocycles. The van der Waals surface area contributed by atoms with Crippen LogP contribution in [0.25, 0.3) is 0 Å². The first-order valence-electron chi connectivity index (χ1n) is 5.42. The van der Waals surface area contributed by atoms with Crippen molar-refractivity contribution in [2.75, 3.05) is 5.32 Å². The summed E-state index contributed by atoms with van der Waals surface area (Å²) in [5.41, 5.74) is 2.43. The van der Waals surface area contributed by atoms with Gasteiger partial charge in [0, 0.05) is 19.3 Å². The van der Waals surface area contributed by atoms with Gasteiger partial charge in [0.15, 0.2) is 0 Å². The third-order valence-electron chi connectivity index (χ3n) is 2.49. The maximum atomic E-state index is 4.43. The molecule has 2 aromatic heterocycles. The zero-order chi connectivity index (χ0) is 11.5. The van der Waals surface area contributed by atoms with Crippen molar-refractivity contribution in [3.8, 4) is 0 Å². The lowest BCUT2D eigenvalue weighted by molar-refractivity contribution is 0.763. The number of anilines is 1. The van der Waals surface area contributed by atoms with Crippen LogP contribution in [-0.4, -0.2) is 15.6 Å². The molecule has 0 radical (unpaired) electrons. The highest BCUT2D eigenvalue weighted by atomic mass is 32.1. The normalized spacial score (nSPS) is 12.7. The van der Waals surface area contributed by atoms with Gasteiger partial charge in [0.05, 0.1) is 5.69 Å². The molecule has 0 amide bonds. The van der Waals surface area contributed by atoms with Crippen molar-refractivity contribution in [2.24, 2.45) is 7.05 Å². The summed E-state index contributed by atoms with van der Waals surface area (Å²) in [5, 5.41) is 7.74. The van der Waals surface area contributed by atoms with Crippen molar-refractivity contribution < 1.29 is 0 Å². The quantitative estimate of drug-likeness (QED) is 0.883. The number of hydrogen-bond acceptors (Lipinski definition) is 3. The van der Waals surface area contributed by atoms with Gasteiger partial charge in [0.1, 0.15) is 0 Å². The van der Waals surface area contributed by atoms with Gasteiger partial charge >= 0.3 is 0 Å². The molecule has 16 heavy (non-hydrogen) atoms. The molecule has 0 bridgehead atoms. The highest BCUT2D eigenvalue weighted by molar-refractivity contribution is 7.07. The molecule has 0 fully saturated rings. The third-order valence-corrected chi connectivity index (χ3v) is 3.23. The van der Waals surface area contributed by atoms with Crippen LogP contribution in [0.5, 0.6) is 0 Å². The Kier molecular flexibility index (Phi) is 3.29. The fraction of sp³-hybridized carbons (Fsp3) is 0.417. The molecular weight excluding hydrogens is 218 g/mol. The third kappa shape index (κ3) is 2.64. The summed E-state index contributed by atoms with van der Waals surface area (Å²) < 4.78 is 2.03. The van der Waals surface area contributed by atoms with E-state index in [0.717, 1.165) is 18.1 Å². The van der Waals surface area contributed by atoms with E-state index in [1.807, 2.05) is 24.7 Å². The van der Waals surface area contributed by atoms with Gasteiger partial charge in [-0.2, -0.15) is 11.3 Å². The summed E-state index contributed by atoms with van der Waals surface area (Å²) in [6.07, 6.45) is 3.06. The summed E-state index contributed by atoms with van der Waals surface area (Å²) in [4.78, 5) is 4.43. The number of aryl methyl sites for hydroxylation is 2. The van der Waals surface area contributed by atoms with Crippen LogP contribution in [0, 0.1) is 6.92 Å². The maximum Gasteiger partial charge on any atom is 0.202 e. The number of hydrogen-bond donors (Lipinski definition) is 1. The molecule has 1 unspecified atom stereocenters. The molecule has 0 saturated heterocycles. The van der Waals surface area contributed by atoms with Gasteiger partial charge in [-0.3, -0.25) is 0 Å².